The summed E-state index contributed by atoms with van der Waals surface area (Å²) in [5, 5.41) is 0. The maximum Gasteiger partial charge on any atom is 0.330 e. The Bertz CT molecular complexity index is 451. The van der Waals surface area contributed by atoms with Crippen LogP contribution in [0.1, 0.15) is 32.3 Å². The van der Waals surface area contributed by atoms with Gasteiger partial charge in [-0.2, -0.15) is 0 Å². The number of benzene rings is 1. The van der Waals surface area contributed by atoms with Gasteiger partial charge in [-0.15, -0.1) is 0 Å². The van der Waals surface area contributed by atoms with Gasteiger partial charge < -0.3 is 9.47 Å². The van der Waals surface area contributed by atoms with Gasteiger partial charge in [0.1, 0.15) is 0 Å². The predicted octanol–water partition coefficient (Wildman–Crippen LogP) is 3.74. The van der Waals surface area contributed by atoms with Gasteiger partial charge in [0.25, 0.3) is 0 Å². The van der Waals surface area contributed by atoms with Crippen LogP contribution in [0.2, 0.25) is 0 Å². The molecule has 1 atom stereocenters. The molecule has 0 heterocycles. The molecule has 1 aromatic rings. The Hall–Kier alpha value is -1.61. The average Bonchev–Trinajstić information content (AvgIpc) is 2.50. The molecule has 0 bridgehead atoms. The van der Waals surface area contributed by atoms with Gasteiger partial charge in [0.05, 0.1) is 13.7 Å². The molecular formula is C18H26O3. The van der Waals surface area contributed by atoms with Crippen LogP contribution in [0.25, 0.3) is 0 Å². The summed E-state index contributed by atoms with van der Waals surface area (Å²) in [7, 11) is 3.13. The minimum atomic E-state index is -0.309. The zero-order valence-corrected chi connectivity index (χ0v) is 13.5. The minimum absolute atomic E-state index is 0.0452. The molecule has 0 amide bonds. The summed E-state index contributed by atoms with van der Waals surface area (Å²) in [5.74, 6) is 0.128. The van der Waals surface area contributed by atoms with Crippen LogP contribution in [-0.4, -0.2) is 26.8 Å². The summed E-state index contributed by atoms with van der Waals surface area (Å²) in [4.78, 5) is 11.1. The first-order valence-electron chi connectivity index (χ1n) is 7.35. The predicted molar refractivity (Wildman–Crippen MR) is 85.2 cm³/mol. The molecule has 0 aliphatic rings. The summed E-state index contributed by atoms with van der Waals surface area (Å²) in [6.45, 7) is 5.10. The number of esters is 1. The normalized spacial score (nSPS) is 14.3. The third kappa shape index (κ3) is 4.71. The second-order valence-electron chi connectivity index (χ2n) is 5.57. The highest BCUT2D eigenvalue weighted by molar-refractivity contribution is 5.81. The second-order valence-corrected chi connectivity index (χ2v) is 5.57. The maximum atomic E-state index is 11.1. The first-order valence-corrected chi connectivity index (χ1v) is 7.35. The monoisotopic (exact) mass is 290 g/mol. The molecule has 0 radical (unpaired) electrons. The number of methoxy groups -OCH3 is 2. The van der Waals surface area contributed by atoms with Gasteiger partial charge in [0.15, 0.2) is 0 Å². The van der Waals surface area contributed by atoms with Crippen molar-refractivity contribution in [2.45, 2.75) is 32.1 Å². The lowest BCUT2D eigenvalue weighted by Crippen LogP contribution is -2.37. The molecule has 0 N–H and O–H groups in total. The third-order valence-corrected chi connectivity index (χ3v) is 4.07. The van der Waals surface area contributed by atoms with Crippen molar-refractivity contribution in [1.29, 1.82) is 0 Å². The Balaban J connectivity index is 2.92. The van der Waals surface area contributed by atoms with E-state index in [1.165, 1.54) is 18.7 Å². The summed E-state index contributed by atoms with van der Waals surface area (Å²) in [6.07, 6.45) is 5.10. The molecular weight excluding hydrogens is 264 g/mol. The molecule has 0 saturated carbocycles. The van der Waals surface area contributed by atoms with Crippen molar-refractivity contribution in [3.63, 3.8) is 0 Å². The summed E-state index contributed by atoms with van der Waals surface area (Å²) >= 11 is 0. The van der Waals surface area contributed by atoms with Crippen molar-refractivity contribution in [3.05, 3.63) is 48.0 Å². The molecule has 0 spiro atoms. The van der Waals surface area contributed by atoms with Crippen molar-refractivity contribution in [1.82, 2.24) is 0 Å². The lowest BCUT2D eigenvalue weighted by molar-refractivity contribution is -0.134. The second kappa shape index (κ2) is 8.63. The summed E-state index contributed by atoms with van der Waals surface area (Å²) < 4.78 is 10.1. The van der Waals surface area contributed by atoms with Crippen LogP contribution in [0.15, 0.2) is 42.5 Å². The molecule has 3 heteroatoms. The van der Waals surface area contributed by atoms with Crippen LogP contribution in [0.4, 0.5) is 0 Å². The van der Waals surface area contributed by atoms with Crippen LogP contribution in [0.5, 0.6) is 0 Å². The molecule has 1 unspecified atom stereocenters. The van der Waals surface area contributed by atoms with Crippen molar-refractivity contribution >= 4 is 5.97 Å². The van der Waals surface area contributed by atoms with Gasteiger partial charge >= 0.3 is 5.97 Å². The third-order valence-electron chi connectivity index (χ3n) is 4.07. The Labute approximate surface area is 128 Å². The Morgan fingerprint density at radius 2 is 1.90 bits per heavy atom. The molecule has 0 fully saturated rings. The Morgan fingerprint density at radius 1 is 1.24 bits per heavy atom. The fourth-order valence-electron chi connectivity index (χ4n) is 2.70. The van der Waals surface area contributed by atoms with Gasteiger partial charge in [-0.05, 0) is 24.3 Å². The van der Waals surface area contributed by atoms with Crippen LogP contribution in [0, 0.1) is 5.92 Å². The van der Waals surface area contributed by atoms with Crippen molar-refractivity contribution in [2.24, 2.45) is 5.92 Å². The highest BCUT2D eigenvalue weighted by Gasteiger charge is 2.34. The number of carbonyl (C=O) groups is 1. The topological polar surface area (TPSA) is 35.5 Å². The van der Waals surface area contributed by atoms with Gasteiger partial charge in [0.2, 0.25) is 0 Å². The van der Waals surface area contributed by atoms with Crippen molar-refractivity contribution in [2.75, 3.05) is 20.8 Å². The minimum Gasteiger partial charge on any atom is -0.466 e. The van der Waals surface area contributed by atoms with E-state index in [0.29, 0.717) is 12.5 Å². The van der Waals surface area contributed by atoms with Crippen LogP contribution in [0.3, 0.4) is 0 Å². The highest BCUT2D eigenvalue weighted by atomic mass is 16.5. The van der Waals surface area contributed by atoms with Crippen molar-refractivity contribution < 1.29 is 14.3 Å². The largest absolute Gasteiger partial charge is 0.466 e. The molecule has 1 aromatic carbocycles. The summed E-state index contributed by atoms with van der Waals surface area (Å²) in [6, 6.07) is 10.5. The number of allylic oxidation sites excluding steroid dienone is 1. The number of rotatable bonds is 8. The first-order chi connectivity index (χ1) is 10.1. The lowest BCUT2D eigenvalue weighted by atomic mass is 9.69. The van der Waals surface area contributed by atoms with Crippen LogP contribution in [-0.2, 0) is 19.7 Å². The zero-order chi connectivity index (χ0) is 15.7. The molecule has 0 aliphatic heterocycles. The van der Waals surface area contributed by atoms with Gasteiger partial charge in [-0.3, -0.25) is 0 Å². The molecule has 21 heavy (non-hydrogen) atoms. The van der Waals surface area contributed by atoms with E-state index in [9.17, 15) is 4.79 Å². The van der Waals surface area contributed by atoms with Gasteiger partial charge in [0, 0.05) is 18.6 Å². The smallest absolute Gasteiger partial charge is 0.330 e. The number of hydrogen-bond donors (Lipinski definition) is 0. The molecule has 1 rings (SSSR count). The molecule has 0 aromatic heterocycles. The average molecular weight is 290 g/mol. The standard InChI is InChI=1S/C18H26O3/c1-15(2)18(14-20-3,16-10-6-5-7-11-16)13-9-8-12-17(19)21-4/h5-8,10-12,15H,9,13-14H2,1-4H3/b12-8+. The van der Waals surface area contributed by atoms with E-state index in [1.54, 1.807) is 7.11 Å². The fraction of sp³-hybridized carbons (Fsp3) is 0.500. The van der Waals surface area contributed by atoms with E-state index in [4.69, 9.17) is 4.74 Å². The van der Waals surface area contributed by atoms with E-state index in [1.807, 2.05) is 12.1 Å². The molecule has 116 valence electrons. The Kier molecular flexibility index (Phi) is 7.17. The van der Waals surface area contributed by atoms with Crippen LogP contribution >= 0.6 is 0 Å². The van der Waals surface area contributed by atoms with E-state index in [-0.39, 0.29) is 11.4 Å². The lowest BCUT2D eigenvalue weighted by Gasteiger charge is -2.37. The van der Waals surface area contributed by atoms with Gasteiger partial charge in [-0.25, -0.2) is 4.79 Å². The highest BCUT2D eigenvalue weighted by Crippen LogP contribution is 2.37. The fourth-order valence-corrected chi connectivity index (χ4v) is 2.70. The van der Waals surface area contributed by atoms with E-state index < -0.39 is 0 Å². The van der Waals surface area contributed by atoms with E-state index in [2.05, 4.69) is 42.8 Å². The van der Waals surface area contributed by atoms with Gasteiger partial charge in [-0.1, -0.05) is 50.3 Å². The van der Waals surface area contributed by atoms with Crippen molar-refractivity contribution in [3.8, 4) is 0 Å². The summed E-state index contributed by atoms with van der Waals surface area (Å²) in [5.41, 5.74) is 1.24. The quantitative estimate of drug-likeness (QED) is 0.540. The molecule has 3 nitrogen and oxygen atoms in total. The number of hydrogen-bond acceptors (Lipinski definition) is 3. The molecule has 0 saturated heterocycles. The van der Waals surface area contributed by atoms with Crippen LogP contribution < -0.4 is 0 Å². The molecule has 0 aliphatic carbocycles. The first kappa shape index (κ1) is 17.4. The van der Waals surface area contributed by atoms with E-state index in [0.717, 1.165) is 12.8 Å². The SMILES string of the molecule is COCC(CC/C=C/C(=O)OC)(c1ccccc1)C(C)C. The maximum absolute atomic E-state index is 11.1. The Morgan fingerprint density at radius 3 is 2.43 bits per heavy atom. The number of ether oxygens (including phenoxy) is 2. The number of carbonyl (C=O) groups excluding carboxylic acids is 1. The zero-order valence-electron chi connectivity index (χ0n) is 13.5. The van der Waals surface area contributed by atoms with E-state index >= 15 is 0 Å².